The number of hydrogen-bond acceptors (Lipinski definition) is 7. The quantitative estimate of drug-likeness (QED) is 0.384. The van der Waals surface area contributed by atoms with Crippen LogP contribution in [0, 0.1) is 5.92 Å². The molecule has 0 bridgehead atoms. The summed E-state index contributed by atoms with van der Waals surface area (Å²) >= 11 is 1.70. The maximum atomic E-state index is 12.9. The second-order valence-electron chi connectivity index (χ2n) is 7.56. The molecular formula is C24H23N5O2S. The summed E-state index contributed by atoms with van der Waals surface area (Å²) in [6, 6.07) is 14.8. The molecule has 1 unspecified atom stereocenters. The van der Waals surface area contributed by atoms with E-state index in [1.807, 2.05) is 68.6 Å². The van der Waals surface area contributed by atoms with Crippen molar-refractivity contribution in [3.8, 4) is 11.4 Å². The lowest BCUT2D eigenvalue weighted by Crippen LogP contribution is -2.32. The Labute approximate surface area is 190 Å². The molecular weight excluding hydrogens is 422 g/mol. The van der Waals surface area contributed by atoms with E-state index < -0.39 is 6.04 Å². The highest BCUT2D eigenvalue weighted by molar-refractivity contribution is 7.98. The van der Waals surface area contributed by atoms with Gasteiger partial charge in [-0.25, -0.2) is 0 Å². The molecule has 0 aliphatic carbocycles. The first kappa shape index (κ1) is 21.7. The third kappa shape index (κ3) is 5.39. The van der Waals surface area contributed by atoms with E-state index in [1.165, 1.54) is 0 Å². The SMILES string of the molecule is CC(C)C(NC(=O)c1ccc(SCc2cccnc2)cc1)c1nc(-c2ccncc2)no1. The van der Waals surface area contributed by atoms with Gasteiger partial charge in [0.05, 0.1) is 0 Å². The summed E-state index contributed by atoms with van der Waals surface area (Å²) in [5.74, 6) is 1.56. The van der Waals surface area contributed by atoms with Crippen molar-refractivity contribution in [1.82, 2.24) is 25.4 Å². The predicted octanol–water partition coefficient (Wildman–Crippen LogP) is 4.95. The summed E-state index contributed by atoms with van der Waals surface area (Å²) < 4.78 is 5.47. The summed E-state index contributed by atoms with van der Waals surface area (Å²) in [7, 11) is 0. The van der Waals surface area contributed by atoms with Crippen LogP contribution in [0.15, 0.2) is 82.7 Å². The monoisotopic (exact) mass is 445 g/mol. The molecule has 1 N–H and O–H groups in total. The van der Waals surface area contributed by atoms with E-state index in [1.54, 1.807) is 30.4 Å². The normalized spacial score (nSPS) is 12.0. The molecule has 162 valence electrons. The van der Waals surface area contributed by atoms with E-state index in [9.17, 15) is 4.79 Å². The Morgan fingerprint density at radius 3 is 2.50 bits per heavy atom. The fourth-order valence-corrected chi connectivity index (χ4v) is 3.90. The van der Waals surface area contributed by atoms with Gasteiger partial charge in [0.25, 0.3) is 5.91 Å². The standard InChI is InChI=1S/C24H23N5O2S/c1-16(2)21(24-28-22(29-31-24)18-9-12-25-13-10-18)27-23(30)19-5-7-20(8-6-19)32-15-17-4-3-11-26-14-17/h3-14,16,21H,15H2,1-2H3,(H,27,30). The zero-order valence-corrected chi connectivity index (χ0v) is 18.6. The number of nitrogens with one attached hydrogen (secondary N) is 1. The predicted molar refractivity (Wildman–Crippen MR) is 123 cm³/mol. The van der Waals surface area contributed by atoms with Crippen LogP contribution in [-0.2, 0) is 5.75 Å². The molecule has 1 amide bonds. The molecule has 0 saturated heterocycles. The second kappa shape index (κ2) is 10.2. The molecule has 3 aromatic heterocycles. The molecule has 0 spiro atoms. The zero-order valence-electron chi connectivity index (χ0n) is 17.8. The lowest BCUT2D eigenvalue weighted by molar-refractivity contribution is 0.0914. The summed E-state index contributed by atoms with van der Waals surface area (Å²) in [5, 5.41) is 7.08. The maximum absolute atomic E-state index is 12.9. The van der Waals surface area contributed by atoms with Gasteiger partial charge < -0.3 is 9.84 Å². The van der Waals surface area contributed by atoms with E-state index in [2.05, 4.69) is 25.4 Å². The molecule has 0 radical (unpaired) electrons. The molecule has 3 heterocycles. The van der Waals surface area contributed by atoms with Crippen LogP contribution in [0.3, 0.4) is 0 Å². The molecule has 32 heavy (non-hydrogen) atoms. The molecule has 0 aliphatic rings. The lowest BCUT2D eigenvalue weighted by Gasteiger charge is -2.18. The Kier molecular flexibility index (Phi) is 6.91. The Morgan fingerprint density at radius 2 is 1.81 bits per heavy atom. The third-order valence-corrected chi connectivity index (χ3v) is 5.93. The van der Waals surface area contributed by atoms with Crippen molar-refractivity contribution in [2.75, 3.05) is 0 Å². The fraction of sp³-hybridized carbons (Fsp3) is 0.208. The summed E-state index contributed by atoms with van der Waals surface area (Å²) in [5.41, 5.74) is 2.54. The second-order valence-corrected chi connectivity index (χ2v) is 8.61. The van der Waals surface area contributed by atoms with Crippen molar-refractivity contribution in [3.05, 3.63) is 90.3 Å². The van der Waals surface area contributed by atoms with Crippen molar-refractivity contribution in [2.24, 2.45) is 5.92 Å². The number of hydrogen-bond donors (Lipinski definition) is 1. The first-order chi connectivity index (χ1) is 15.6. The highest BCUT2D eigenvalue weighted by atomic mass is 32.2. The van der Waals surface area contributed by atoms with Crippen molar-refractivity contribution < 1.29 is 9.32 Å². The molecule has 1 atom stereocenters. The Hall–Kier alpha value is -3.52. The number of benzene rings is 1. The number of carbonyl (C=O) groups excluding carboxylic acids is 1. The number of pyridine rings is 2. The maximum Gasteiger partial charge on any atom is 0.251 e. The minimum atomic E-state index is -0.398. The van der Waals surface area contributed by atoms with Gasteiger partial charge in [0, 0.05) is 46.6 Å². The largest absolute Gasteiger partial charge is 0.340 e. The van der Waals surface area contributed by atoms with Gasteiger partial charge in [0.2, 0.25) is 11.7 Å². The van der Waals surface area contributed by atoms with Gasteiger partial charge in [-0.05, 0) is 53.9 Å². The van der Waals surface area contributed by atoms with Crippen molar-refractivity contribution in [3.63, 3.8) is 0 Å². The number of nitrogens with zero attached hydrogens (tertiary/aromatic N) is 4. The minimum absolute atomic E-state index is 0.0685. The Bertz CT molecular complexity index is 1150. The van der Waals surface area contributed by atoms with E-state index in [-0.39, 0.29) is 11.8 Å². The first-order valence-corrected chi connectivity index (χ1v) is 11.3. The van der Waals surface area contributed by atoms with Crippen LogP contribution in [0.1, 0.15) is 41.7 Å². The van der Waals surface area contributed by atoms with Gasteiger partial charge in [0.15, 0.2) is 0 Å². The van der Waals surface area contributed by atoms with Gasteiger partial charge in [-0.3, -0.25) is 14.8 Å². The molecule has 8 heteroatoms. The van der Waals surface area contributed by atoms with E-state index >= 15 is 0 Å². The van der Waals surface area contributed by atoms with E-state index in [4.69, 9.17) is 4.52 Å². The molecule has 0 aliphatic heterocycles. The van der Waals surface area contributed by atoms with Crippen LogP contribution in [0.4, 0.5) is 0 Å². The summed E-state index contributed by atoms with van der Waals surface area (Å²) in [4.78, 5) is 26.6. The molecule has 0 saturated carbocycles. The first-order valence-electron chi connectivity index (χ1n) is 10.3. The van der Waals surface area contributed by atoms with Crippen LogP contribution in [-0.4, -0.2) is 26.0 Å². The van der Waals surface area contributed by atoms with Crippen molar-refractivity contribution in [2.45, 2.75) is 30.5 Å². The highest BCUT2D eigenvalue weighted by Crippen LogP contribution is 2.25. The van der Waals surface area contributed by atoms with Crippen molar-refractivity contribution in [1.29, 1.82) is 0 Å². The molecule has 0 fully saturated rings. The Morgan fingerprint density at radius 1 is 1.03 bits per heavy atom. The summed E-state index contributed by atoms with van der Waals surface area (Å²) in [6.45, 7) is 4.00. The van der Waals surface area contributed by atoms with E-state index in [0.717, 1.165) is 21.8 Å². The zero-order chi connectivity index (χ0) is 22.3. The smallest absolute Gasteiger partial charge is 0.251 e. The lowest BCUT2D eigenvalue weighted by atomic mass is 10.0. The highest BCUT2D eigenvalue weighted by Gasteiger charge is 2.25. The molecule has 4 aromatic rings. The average molecular weight is 446 g/mol. The van der Waals surface area contributed by atoms with Gasteiger partial charge >= 0.3 is 0 Å². The molecule has 1 aromatic carbocycles. The van der Waals surface area contributed by atoms with Gasteiger partial charge in [-0.1, -0.05) is 25.1 Å². The fourth-order valence-electron chi connectivity index (χ4n) is 3.07. The van der Waals surface area contributed by atoms with Crippen LogP contribution in [0.25, 0.3) is 11.4 Å². The number of rotatable bonds is 8. The van der Waals surface area contributed by atoms with Crippen LogP contribution >= 0.6 is 11.8 Å². The Balaban J connectivity index is 1.41. The van der Waals surface area contributed by atoms with Gasteiger partial charge in [-0.2, -0.15) is 4.98 Å². The third-order valence-electron chi connectivity index (χ3n) is 4.84. The molecule has 4 rings (SSSR count). The summed E-state index contributed by atoms with van der Waals surface area (Å²) in [6.07, 6.45) is 6.97. The number of aromatic nitrogens is 4. The van der Waals surface area contributed by atoms with Gasteiger partial charge in [-0.15, -0.1) is 11.8 Å². The van der Waals surface area contributed by atoms with Gasteiger partial charge in [0.1, 0.15) is 6.04 Å². The molecule has 7 nitrogen and oxygen atoms in total. The number of thioether (sulfide) groups is 1. The van der Waals surface area contributed by atoms with Crippen LogP contribution in [0.2, 0.25) is 0 Å². The average Bonchev–Trinajstić information content (AvgIpc) is 3.32. The van der Waals surface area contributed by atoms with Crippen molar-refractivity contribution >= 4 is 17.7 Å². The number of carbonyl (C=O) groups is 1. The van der Waals surface area contributed by atoms with E-state index in [0.29, 0.717) is 17.3 Å². The topological polar surface area (TPSA) is 93.8 Å². The minimum Gasteiger partial charge on any atom is -0.340 e. The van der Waals surface area contributed by atoms with Crippen LogP contribution in [0.5, 0.6) is 0 Å². The van der Waals surface area contributed by atoms with Crippen LogP contribution < -0.4 is 5.32 Å². The number of amides is 1.